The molecular weight excluding hydrogens is 396 g/mol. The largest absolute Gasteiger partial charge is 0.348 e. The van der Waals surface area contributed by atoms with E-state index >= 15 is 0 Å². The van der Waals surface area contributed by atoms with Crippen LogP contribution in [0.1, 0.15) is 59.8 Å². The quantitative estimate of drug-likeness (QED) is 0.670. The molecule has 1 saturated carbocycles. The molecule has 0 aromatic heterocycles. The third kappa shape index (κ3) is 3.04. The minimum Gasteiger partial charge on any atom is -0.348 e. The Hall–Kier alpha value is -0.840. The van der Waals surface area contributed by atoms with Gasteiger partial charge in [-0.3, -0.25) is 9.69 Å². The molecule has 162 valence electrons. The first kappa shape index (κ1) is 20.1. The topological polar surface area (TPSA) is 78.5 Å². The van der Waals surface area contributed by atoms with E-state index in [1.165, 1.54) is 6.42 Å². The van der Waals surface area contributed by atoms with Crippen molar-refractivity contribution >= 4 is 23.2 Å². The number of carbonyl (C=O) groups is 1. The van der Waals surface area contributed by atoms with Crippen LogP contribution in [0.5, 0.6) is 0 Å². The van der Waals surface area contributed by atoms with Crippen molar-refractivity contribution in [3.8, 4) is 0 Å². The Kier molecular flexibility index (Phi) is 4.56. The highest BCUT2D eigenvalue weighted by atomic mass is 32.1. The number of carbonyl (C=O) groups excluding carboxylic acids is 1. The molecule has 4 heterocycles. The maximum Gasteiger partial charge on any atom is 0.260 e. The first-order chi connectivity index (χ1) is 13.6. The monoisotopic (exact) mass is 426 g/mol. The van der Waals surface area contributed by atoms with E-state index in [1.54, 1.807) is 4.90 Å². The predicted octanol–water partition coefficient (Wildman–Crippen LogP) is 1.80. The summed E-state index contributed by atoms with van der Waals surface area (Å²) in [5.74, 6) is -1.68. The number of fused-ring (bicyclic) bond motifs is 2. The Morgan fingerprint density at radius 2 is 1.72 bits per heavy atom. The van der Waals surface area contributed by atoms with Crippen molar-refractivity contribution in [1.29, 1.82) is 0 Å². The van der Waals surface area contributed by atoms with E-state index in [4.69, 9.17) is 35.9 Å². The van der Waals surface area contributed by atoms with E-state index in [1.807, 2.05) is 27.7 Å². The van der Waals surface area contributed by atoms with E-state index < -0.39 is 41.7 Å². The molecule has 0 unspecified atom stereocenters. The molecular formula is C20H30N2O6S. The molecule has 1 N–H and O–H groups in total. The molecule has 0 bridgehead atoms. The molecule has 9 heteroatoms. The Morgan fingerprint density at radius 1 is 1.00 bits per heavy atom. The lowest BCUT2D eigenvalue weighted by molar-refractivity contribution is -0.229. The smallest absolute Gasteiger partial charge is 0.260 e. The molecule has 5 aliphatic rings. The maximum atomic E-state index is 14.0. The van der Waals surface area contributed by atoms with Crippen LogP contribution in [0.25, 0.3) is 0 Å². The van der Waals surface area contributed by atoms with E-state index in [-0.39, 0.29) is 11.9 Å². The fraction of sp³-hybridized carbons (Fsp3) is 0.900. The van der Waals surface area contributed by atoms with E-state index in [0.717, 1.165) is 25.7 Å². The molecule has 29 heavy (non-hydrogen) atoms. The number of amides is 1. The van der Waals surface area contributed by atoms with Crippen molar-refractivity contribution in [3.05, 3.63) is 0 Å². The lowest BCUT2D eigenvalue weighted by atomic mass is 9.84. The van der Waals surface area contributed by atoms with Gasteiger partial charge in [0.25, 0.3) is 5.91 Å². The molecule has 0 aromatic rings. The highest BCUT2D eigenvalue weighted by Crippen LogP contribution is 2.49. The lowest BCUT2D eigenvalue weighted by Crippen LogP contribution is -2.65. The van der Waals surface area contributed by atoms with E-state index in [9.17, 15) is 4.79 Å². The minimum atomic E-state index is -1.18. The zero-order valence-corrected chi connectivity index (χ0v) is 18.3. The van der Waals surface area contributed by atoms with Gasteiger partial charge in [-0.1, -0.05) is 19.3 Å². The van der Waals surface area contributed by atoms with Crippen molar-refractivity contribution in [1.82, 2.24) is 10.2 Å². The molecule has 5 rings (SSSR count). The van der Waals surface area contributed by atoms with Crippen LogP contribution in [0.3, 0.4) is 0 Å². The van der Waals surface area contributed by atoms with Gasteiger partial charge in [0.2, 0.25) is 0 Å². The maximum absolute atomic E-state index is 14.0. The second kappa shape index (κ2) is 6.58. The predicted molar refractivity (Wildman–Crippen MR) is 106 cm³/mol. The van der Waals surface area contributed by atoms with Crippen LogP contribution < -0.4 is 5.32 Å². The van der Waals surface area contributed by atoms with Gasteiger partial charge in [-0.05, 0) is 52.8 Å². The van der Waals surface area contributed by atoms with Crippen molar-refractivity contribution in [2.75, 3.05) is 6.61 Å². The van der Waals surface area contributed by atoms with Crippen LogP contribution >= 0.6 is 12.2 Å². The van der Waals surface area contributed by atoms with Gasteiger partial charge in [-0.25, -0.2) is 0 Å². The summed E-state index contributed by atoms with van der Waals surface area (Å²) in [4.78, 5) is 15.8. The molecule has 1 amide bonds. The number of hydrogen-bond acceptors (Lipinski definition) is 7. The number of ether oxygens (including phenoxy) is 5. The van der Waals surface area contributed by atoms with Crippen LogP contribution in [0, 0.1) is 0 Å². The molecule has 1 aliphatic carbocycles. The molecule has 0 aromatic carbocycles. The summed E-state index contributed by atoms with van der Waals surface area (Å²) in [6.45, 7) is 7.69. The van der Waals surface area contributed by atoms with Crippen molar-refractivity contribution in [3.63, 3.8) is 0 Å². The fourth-order valence-corrected chi connectivity index (χ4v) is 5.84. The van der Waals surface area contributed by atoms with Crippen LogP contribution in [0.2, 0.25) is 0 Å². The standard InChI is InChI=1S/C20H30N2O6S/c1-18(2)24-10-12(26-18)13-20(14-15(25-13)28-19(3,4)27-14)16(23)22(17(29)21-20)11-8-6-5-7-9-11/h11-15H,5-10H2,1-4H3,(H,21,29)/t12-,13-,14+,15-,20-/m1/s1. The van der Waals surface area contributed by atoms with Crippen LogP contribution in [0.15, 0.2) is 0 Å². The van der Waals surface area contributed by atoms with Crippen LogP contribution in [-0.4, -0.2) is 70.3 Å². The summed E-state index contributed by atoms with van der Waals surface area (Å²) in [5.41, 5.74) is -1.18. The summed E-state index contributed by atoms with van der Waals surface area (Å²) in [6.07, 6.45) is 2.98. The summed E-state index contributed by atoms with van der Waals surface area (Å²) in [7, 11) is 0. The second-order valence-electron chi connectivity index (χ2n) is 9.61. The van der Waals surface area contributed by atoms with Gasteiger partial charge in [-0.2, -0.15) is 0 Å². The molecule has 5 fully saturated rings. The number of nitrogens with zero attached hydrogens (tertiary/aromatic N) is 1. The van der Waals surface area contributed by atoms with Gasteiger partial charge in [0, 0.05) is 6.04 Å². The fourth-order valence-electron chi connectivity index (χ4n) is 5.44. The van der Waals surface area contributed by atoms with E-state index in [2.05, 4.69) is 5.32 Å². The van der Waals surface area contributed by atoms with Gasteiger partial charge in [0.15, 0.2) is 28.5 Å². The Balaban J connectivity index is 1.51. The van der Waals surface area contributed by atoms with Gasteiger partial charge in [-0.15, -0.1) is 0 Å². The number of thiocarbonyl (C=S) groups is 1. The SMILES string of the molecule is CC1(C)OC[C@H]([C@H]2O[C@@H]3OC(C)(C)O[C@@H]3[C@]23NC(=S)N(C2CCCCC2)C3=O)O1. The average molecular weight is 427 g/mol. The second-order valence-corrected chi connectivity index (χ2v) is 10.0. The molecule has 0 radical (unpaired) electrons. The minimum absolute atomic E-state index is 0.0958. The zero-order chi connectivity index (χ0) is 20.6. The lowest BCUT2D eigenvalue weighted by Gasteiger charge is -2.36. The van der Waals surface area contributed by atoms with Crippen LogP contribution in [-0.2, 0) is 28.5 Å². The van der Waals surface area contributed by atoms with Crippen molar-refractivity contribution < 1.29 is 28.5 Å². The van der Waals surface area contributed by atoms with Crippen molar-refractivity contribution in [2.24, 2.45) is 0 Å². The summed E-state index contributed by atoms with van der Waals surface area (Å²) in [6, 6.07) is 0.114. The van der Waals surface area contributed by atoms with Crippen molar-refractivity contribution in [2.45, 2.75) is 108 Å². The molecule has 5 atom stereocenters. The van der Waals surface area contributed by atoms with E-state index in [0.29, 0.717) is 11.7 Å². The van der Waals surface area contributed by atoms with Gasteiger partial charge >= 0.3 is 0 Å². The Bertz CT molecular complexity index is 724. The van der Waals surface area contributed by atoms with Crippen LogP contribution in [0.4, 0.5) is 0 Å². The number of hydrogen-bond donors (Lipinski definition) is 1. The zero-order valence-electron chi connectivity index (χ0n) is 17.4. The highest BCUT2D eigenvalue weighted by Gasteiger charge is 2.73. The summed E-state index contributed by atoms with van der Waals surface area (Å²) < 4.78 is 30.3. The average Bonchev–Trinajstić information content (AvgIpc) is 3.31. The Morgan fingerprint density at radius 3 is 2.38 bits per heavy atom. The molecule has 8 nitrogen and oxygen atoms in total. The summed E-state index contributed by atoms with van der Waals surface area (Å²) >= 11 is 5.67. The molecule has 4 saturated heterocycles. The molecule has 4 aliphatic heterocycles. The van der Waals surface area contributed by atoms with Gasteiger partial charge in [0.1, 0.15) is 18.3 Å². The summed E-state index contributed by atoms with van der Waals surface area (Å²) in [5, 5.41) is 3.78. The first-order valence-electron chi connectivity index (χ1n) is 10.6. The van der Waals surface area contributed by atoms with Gasteiger partial charge in [0.05, 0.1) is 6.61 Å². The Labute approximate surface area is 176 Å². The number of rotatable bonds is 2. The normalized spacial score (nSPS) is 43.9. The highest BCUT2D eigenvalue weighted by molar-refractivity contribution is 7.80. The van der Waals surface area contributed by atoms with Gasteiger partial charge < -0.3 is 29.0 Å². The third-order valence-corrected chi connectivity index (χ3v) is 6.95. The number of nitrogens with one attached hydrogen (secondary N) is 1. The third-order valence-electron chi connectivity index (χ3n) is 6.65. The first-order valence-corrected chi connectivity index (χ1v) is 11.0. The molecule has 1 spiro atoms.